The summed E-state index contributed by atoms with van der Waals surface area (Å²) in [7, 11) is -3.57. The van der Waals surface area contributed by atoms with Crippen molar-refractivity contribution in [1.82, 2.24) is 9.62 Å². The van der Waals surface area contributed by atoms with Crippen molar-refractivity contribution in [3.63, 3.8) is 0 Å². The number of hydrogen-bond acceptors (Lipinski definition) is 3. The lowest BCUT2D eigenvalue weighted by Gasteiger charge is -2.32. The largest absolute Gasteiger partial charge is 0.349 e. The number of nitrogens with zero attached hydrogens (tertiary/aromatic N) is 1. The van der Waals surface area contributed by atoms with Gasteiger partial charge in [0.15, 0.2) is 0 Å². The maximum absolute atomic E-state index is 13.0. The Bertz CT molecular complexity index is 980. The van der Waals surface area contributed by atoms with Gasteiger partial charge in [-0.15, -0.1) is 0 Å². The minimum absolute atomic E-state index is 0.00167. The SMILES string of the molecule is CCc1ccc(C(NC(=O)C2CCN(S(=O)(=O)c3ccc(Cl)cc3)CC2)C(C)C)cc1. The first-order valence-corrected chi connectivity index (χ1v) is 12.7. The van der Waals surface area contributed by atoms with Crippen LogP contribution in [0, 0.1) is 11.8 Å². The molecule has 0 spiro atoms. The molecule has 31 heavy (non-hydrogen) atoms. The second-order valence-electron chi connectivity index (χ2n) is 8.46. The fourth-order valence-corrected chi connectivity index (χ4v) is 5.58. The van der Waals surface area contributed by atoms with Gasteiger partial charge in [-0.1, -0.05) is 56.6 Å². The number of sulfonamides is 1. The van der Waals surface area contributed by atoms with Crippen LogP contribution < -0.4 is 5.32 Å². The van der Waals surface area contributed by atoms with E-state index in [1.165, 1.54) is 22.0 Å². The fraction of sp³-hybridized carbons (Fsp3) is 0.458. The number of carbonyl (C=O) groups is 1. The summed E-state index contributed by atoms with van der Waals surface area (Å²) in [6.07, 6.45) is 2.01. The topological polar surface area (TPSA) is 66.5 Å². The molecule has 1 amide bonds. The Morgan fingerprint density at radius 3 is 2.16 bits per heavy atom. The highest BCUT2D eigenvalue weighted by Crippen LogP contribution is 2.27. The van der Waals surface area contributed by atoms with Gasteiger partial charge in [-0.2, -0.15) is 4.31 Å². The van der Waals surface area contributed by atoms with Gasteiger partial charge < -0.3 is 5.32 Å². The van der Waals surface area contributed by atoms with Crippen molar-refractivity contribution in [3.05, 3.63) is 64.7 Å². The van der Waals surface area contributed by atoms with E-state index in [-0.39, 0.29) is 28.7 Å². The molecule has 0 aromatic heterocycles. The molecule has 0 aliphatic carbocycles. The van der Waals surface area contributed by atoms with Crippen LogP contribution in [0.4, 0.5) is 0 Å². The van der Waals surface area contributed by atoms with E-state index in [9.17, 15) is 13.2 Å². The van der Waals surface area contributed by atoms with Crippen LogP contribution in [0.1, 0.15) is 50.8 Å². The lowest BCUT2D eigenvalue weighted by molar-refractivity contribution is -0.127. The van der Waals surface area contributed by atoms with Crippen LogP contribution in [0.15, 0.2) is 53.4 Å². The Labute approximate surface area is 190 Å². The standard InChI is InChI=1S/C24H31ClN2O3S/c1-4-18-5-7-19(8-6-18)23(17(2)3)26-24(28)20-13-15-27(16-14-20)31(29,30)22-11-9-21(25)10-12-22/h5-12,17,20,23H,4,13-16H2,1-3H3,(H,26,28). The van der Waals surface area contributed by atoms with Gasteiger partial charge in [0.2, 0.25) is 15.9 Å². The number of hydrogen-bond donors (Lipinski definition) is 1. The third-order valence-electron chi connectivity index (χ3n) is 5.99. The van der Waals surface area contributed by atoms with E-state index < -0.39 is 10.0 Å². The van der Waals surface area contributed by atoms with Crippen molar-refractivity contribution in [3.8, 4) is 0 Å². The minimum Gasteiger partial charge on any atom is -0.349 e. The number of amides is 1. The highest BCUT2D eigenvalue weighted by atomic mass is 35.5. The molecule has 1 aliphatic heterocycles. The molecule has 3 rings (SSSR count). The molecule has 0 saturated carbocycles. The van der Waals surface area contributed by atoms with Gasteiger partial charge in [-0.3, -0.25) is 4.79 Å². The molecular weight excluding hydrogens is 432 g/mol. The zero-order valence-electron chi connectivity index (χ0n) is 18.3. The number of carbonyl (C=O) groups excluding carboxylic acids is 1. The lowest BCUT2D eigenvalue weighted by Crippen LogP contribution is -2.44. The van der Waals surface area contributed by atoms with E-state index in [2.05, 4.69) is 50.4 Å². The predicted octanol–water partition coefficient (Wildman–Crippen LogP) is 4.82. The highest BCUT2D eigenvalue weighted by molar-refractivity contribution is 7.89. The monoisotopic (exact) mass is 462 g/mol. The number of aryl methyl sites for hydroxylation is 1. The number of nitrogens with one attached hydrogen (secondary N) is 1. The van der Waals surface area contributed by atoms with E-state index in [1.54, 1.807) is 12.1 Å². The van der Waals surface area contributed by atoms with E-state index in [0.717, 1.165) is 12.0 Å². The van der Waals surface area contributed by atoms with Crippen molar-refractivity contribution in [2.24, 2.45) is 11.8 Å². The molecule has 1 N–H and O–H groups in total. The zero-order valence-corrected chi connectivity index (χ0v) is 19.9. The third-order valence-corrected chi connectivity index (χ3v) is 8.15. The van der Waals surface area contributed by atoms with E-state index >= 15 is 0 Å². The summed E-state index contributed by atoms with van der Waals surface area (Å²) < 4.78 is 27.2. The Morgan fingerprint density at radius 1 is 1.06 bits per heavy atom. The molecule has 1 aliphatic rings. The van der Waals surface area contributed by atoms with Gasteiger partial charge in [0.25, 0.3) is 0 Å². The summed E-state index contributed by atoms with van der Waals surface area (Å²) in [6, 6.07) is 14.5. The van der Waals surface area contributed by atoms with Crippen LogP contribution in [-0.4, -0.2) is 31.7 Å². The quantitative estimate of drug-likeness (QED) is 0.641. The molecule has 7 heteroatoms. The van der Waals surface area contributed by atoms with Gasteiger partial charge in [0.05, 0.1) is 10.9 Å². The third kappa shape index (κ3) is 5.68. The smallest absolute Gasteiger partial charge is 0.243 e. The second kappa shape index (κ2) is 10.2. The molecule has 0 radical (unpaired) electrons. The number of benzene rings is 2. The predicted molar refractivity (Wildman–Crippen MR) is 124 cm³/mol. The summed E-state index contributed by atoms with van der Waals surface area (Å²) in [5, 5.41) is 3.71. The van der Waals surface area contributed by atoms with E-state index in [4.69, 9.17) is 11.6 Å². The minimum atomic E-state index is -3.57. The van der Waals surface area contributed by atoms with Crippen molar-refractivity contribution >= 4 is 27.5 Å². The summed E-state index contributed by atoms with van der Waals surface area (Å²) in [5.74, 6) is 0.0661. The average Bonchev–Trinajstić information content (AvgIpc) is 2.77. The first-order valence-electron chi connectivity index (χ1n) is 10.9. The first kappa shape index (κ1) is 23.8. The van der Waals surface area contributed by atoms with Crippen molar-refractivity contribution in [1.29, 1.82) is 0 Å². The Kier molecular flexibility index (Phi) is 7.78. The van der Waals surface area contributed by atoms with Crippen molar-refractivity contribution < 1.29 is 13.2 Å². The number of piperidine rings is 1. The van der Waals surface area contributed by atoms with E-state index in [0.29, 0.717) is 31.0 Å². The highest BCUT2D eigenvalue weighted by Gasteiger charge is 2.33. The molecule has 0 bridgehead atoms. The molecule has 168 valence electrons. The Hall–Kier alpha value is -1.89. The molecule has 2 aromatic rings. The Morgan fingerprint density at radius 2 is 1.65 bits per heavy atom. The summed E-state index contributed by atoms with van der Waals surface area (Å²) >= 11 is 5.87. The molecule has 1 unspecified atom stereocenters. The fourth-order valence-electron chi connectivity index (χ4n) is 3.98. The normalized spacial score (nSPS) is 16.9. The molecule has 1 heterocycles. The number of halogens is 1. The summed E-state index contributed by atoms with van der Waals surface area (Å²) in [6.45, 7) is 6.98. The van der Waals surface area contributed by atoms with Crippen LogP contribution in [0.25, 0.3) is 0 Å². The van der Waals surface area contributed by atoms with Crippen LogP contribution in [0.5, 0.6) is 0 Å². The maximum atomic E-state index is 13.0. The van der Waals surface area contributed by atoms with Crippen LogP contribution >= 0.6 is 11.6 Å². The molecule has 1 atom stereocenters. The van der Waals surface area contributed by atoms with Crippen molar-refractivity contribution in [2.75, 3.05) is 13.1 Å². The van der Waals surface area contributed by atoms with Crippen LogP contribution in [-0.2, 0) is 21.2 Å². The molecule has 2 aromatic carbocycles. The van der Waals surface area contributed by atoms with Crippen molar-refractivity contribution in [2.45, 2.75) is 51.0 Å². The summed E-state index contributed by atoms with van der Waals surface area (Å²) in [5.41, 5.74) is 2.37. The second-order valence-corrected chi connectivity index (χ2v) is 10.8. The average molecular weight is 463 g/mol. The van der Waals surface area contributed by atoms with Gasteiger partial charge >= 0.3 is 0 Å². The molecule has 1 fully saturated rings. The lowest BCUT2D eigenvalue weighted by atomic mass is 9.92. The van der Waals surface area contributed by atoms with Crippen LogP contribution in [0.3, 0.4) is 0 Å². The van der Waals surface area contributed by atoms with Crippen LogP contribution in [0.2, 0.25) is 5.02 Å². The molecule has 5 nitrogen and oxygen atoms in total. The van der Waals surface area contributed by atoms with Gasteiger partial charge in [0, 0.05) is 24.0 Å². The summed E-state index contributed by atoms with van der Waals surface area (Å²) in [4.78, 5) is 13.2. The maximum Gasteiger partial charge on any atom is 0.243 e. The van der Waals surface area contributed by atoms with Gasteiger partial charge in [-0.25, -0.2) is 8.42 Å². The molecule has 1 saturated heterocycles. The Balaban J connectivity index is 1.62. The number of rotatable bonds is 7. The first-order chi connectivity index (χ1) is 14.7. The van der Waals surface area contributed by atoms with Gasteiger partial charge in [-0.05, 0) is 60.6 Å². The zero-order chi connectivity index (χ0) is 22.6. The van der Waals surface area contributed by atoms with Gasteiger partial charge in [0.1, 0.15) is 0 Å². The van der Waals surface area contributed by atoms with E-state index in [1.807, 2.05) is 0 Å². The molecular formula is C24H31ClN2O3S.